The zero-order valence-corrected chi connectivity index (χ0v) is 25.7. The van der Waals surface area contributed by atoms with Gasteiger partial charge in [-0.05, 0) is 69.7 Å². The molecule has 0 saturated carbocycles. The molecular weight excluding hydrogens is 550 g/mol. The first-order valence-corrected chi connectivity index (χ1v) is 14.7. The molecule has 0 aromatic heterocycles. The molecular formula is C33H43N3O7. The van der Waals surface area contributed by atoms with Gasteiger partial charge in [0.25, 0.3) is 0 Å². The molecule has 0 radical (unpaired) electrons. The van der Waals surface area contributed by atoms with Crippen LogP contribution in [0.1, 0.15) is 57.6 Å². The van der Waals surface area contributed by atoms with Gasteiger partial charge in [0, 0.05) is 6.61 Å². The Bertz CT molecular complexity index is 1300. The molecule has 0 unspecified atom stereocenters. The number of carbonyl (C=O) groups excluding carboxylic acids is 2. The van der Waals surface area contributed by atoms with E-state index in [4.69, 9.17) is 23.9 Å². The van der Waals surface area contributed by atoms with E-state index >= 15 is 0 Å². The fourth-order valence-corrected chi connectivity index (χ4v) is 5.39. The molecule has 1 saturated heterocycles. The summed E-state index contributed by atoms with van der Waals surface area (Å²) in [6.07, 6.45) is 1.71. The first kappa shape index (κ1) is 32.0. The Morgan fingerprint density at radius 2 is 1.74 bits per heavy atom. The third kappa shape index (κ3) is 8.14. The van der Waals surface area contributed by atoms with Crippen LogP contribution in [0.15, 0.2) is 70.9 Å². The molecule has 232 valence electrons. The van der Waals surface area contributed by atoms with Crippen molar-refractivity contribution in [3.05, 3.63) is 77.0 Å². The van der Waals surface area contributed by atoms with E-state index in [2.05, 4.69) is 0 Å². The molecule has 1 N–H and O–H groups in total. The van der Waals surface area contributed by atoms with Crippen LogP contribution in [0.4, 0.5) is 4.79 Å². The van der Waals surface area contributed by atoms with E-state index in [1.165, 1.54) is 12.0 Å². The zero-order chi connectivity index (χ0) is 31.0. The Labute approximate surface area is 253 Å². The van der Waals surface area contributed by atoms with Crippen LogP contribution >= 0.6 is 0 Å². The smallest absolute Gasteiger partial charge is 0.417 e. The van der Waals surface area contributed by atoms with E-state index < -0.39 is 23.7 Å². The van der Waals surface area contributed by atoms with Crippen LogP contribution in [0.25, 0.3) is 0 Å². The molecule has 4 rings (SSSR count). The van der Waals surface area contributed by atoms with Crippen LogP contribution in [-0.4, -0.2) is 78.0 Å². The molecule has 2 atom stereocenters. The number of methoxy groups -OCH3 is 2. The van der Waals surface area contributed by atoms with Gasteiger partial charge >= 0.3 is 12.1 Å². The average molecular weight is 594 g/mol. The number of ether oxygens (including phenoxy) is 4. The van der Waals surface area contributed by atoms with Gasteiger partial charge in [-0.2, -0.15) is 0 Å². The lowest BCUT2D eigenvalue weighted by Gasteiger charge is -2.41. The number of nitrogens with zero attached hydrogens (tertiary/aromatic N) is 3. The number of aliphatic imine (C=N–C) groups is 1. The molecule has 2 aromatic carbocycles. The van der Waals surface area contributed by atoms with Gasteiger partial charge in [0.2, 0.25) is 5.96 Å². The minimum Gasteiger partial charge on any atom is -0.497 e. The average Bonchev–Trinajstić information content (AvgIpc) is 3.43. The molecule has 0 spiro atoms. The molecule has 10 nitrogen and oxygen atoms in total. The Balaban J connectivity index is 1.68. The highest BCUT2D eigenvalue weighted by Crippen LogP contribution is 2.38. The molecule has 1 amide bonds. The van der Waals surface area contributed by atoms with Crippen LogP contribution in [0.5, 0.6) is 5.75 Å². The second-order valence-electron chi connectivity index (χ2n) is 11.7. The lowest BCUT2D eigenvalue weighted by molar-refractivity contribution is -0.136. The first-order chi connectivity index (χ1) is 20.6. The van der Waals surface area contributed by atoms with Gasteiger partial charge in [0.05, 0.1) is 57.3 Å². The van der Waals surface area contributed by atoms with Gasteiger partial charge in [-0.15, -0.1) is 0 Å². The molecule has 2 heterocycles. The van der Waals surface area contributed by atoms with Crippen molar-refractivity contribution in [3.63, 3.8) is 0 Å². The highest BCUT2D eigenvalue weighted by Gasteiger charge is 2.46. The number of fused-ring (bicyclic) bond motifs is 1. The van der Waals surface area contributed by atoms with Crippen molar-refractivity contribution in [1.29, 1.82) is 0 Å². The Morgan fingerprint density at radius 1 is 1.02 bits per heavy atom. The monoisotopic (exact) mass is 593 g/mol. The first-order valence-electron chi connectivity index (χ1n) is 14.7. The molecule has 0 aliphatic carbocycles. The summed E-state index contributed by atoms with van der Waals surface area (Å²) in [4.78, 5) is 35.3. The number of esters is 1. The van der Waals surface area contributed by atoms with Crippen molar-refractivity contribution >= 4 is 18.0 Å². The lowest BCUT2D eigenvalue weighted by atomic mass is 9.98. The third-order valence-corrected chi connectivity index (χ3v) is 7.40. The van der Waals surface area contributed by atoms with Crippen LogP contribution in [-0.2, 0) is 32.2 Å². The lowest BCUT2D eigenvalue weighted by Crippen LogP contribution is -2.56. The summed E-state index contributed by atoms with van der Waals surface area (Å²) in [5.41, 5.74) is 2.17. The van der Waals surface area contributed by atoms with Crippen molar-refractivity contribution in [2.45, 2.75) is 77.3 Å². The second kappa shape index (κ2) is 14.5. The number of carbonyl (C=O) groups is 2. The molecule has 2 aliphatic heterocycles. The maximum Gasteiger partial charge on any atom is 0.417 e. The van der Waals surface area contributed by atoms with Crippen LogP contribution in [0, 0.1) is 0 Å². The molecule has 2 aliphatic rings. The summed E-state index contributed by atoms with van der Waals surface area (Å²) in [6.45, 7) is 6.39. The number of guanidine groups is 1. The highest BCUT2D eigenvalue weighted by molar-refractivity contribution is 6.00. The Kier molecular flexibility index (Phi) is 10.8. The Morgan fingerprint density at radius 3 is 2.37 bits per heavy atom. The van der Waals surface area contributed by atoms with Crippen molar-refractivity contribution in [2.75, 3.05) is 27.4 Å². The van der Waals surface area contributed by atoms with E-state index in [9.17, 15) is 14.7 Å². The number of benzene rings is 2. The summed E-state index contributed by atoms with van der Waals surface area (Å²) in [5, 5.41) is 10.3. The normalized spacial score (nSPS) is 18.2. The fourth-order valence-electron chi connectivity index (χ4n) is 5.39. The summed E-state index contributed by atoms with van der Waals surface area (Å²) in [5.74, 6) is 0.583. The Hall–Kier alpha value is -3.89. The number of hydrogen-bond acceptors (Lipinski definition) is 9. The maximum absolute atomic E-state index is 13.8. The standard InChI is InChI=1S/C33H43N3O7/c1-33(2,3)43-32(39)35(20-23-13-16-26(40-4)17-14-23)31-34-27(12-9-19-42-22-24-10-7-6-8-11-24)29(30(38)41-5)28-18-15-25(21-37)36(28)31/h6-8,10-11,13-14,16-17,25,28,37H,9,12,15,18-22H2,1-5H3/t25-,28-/m1/s1. The van der Waals surface area contributed by atoms with Crippen LogP contribution in [0.2, 0.25) is 0 Å². The van der Waals surface area contributed by atoms with Gasteiger partial charge in [0.1, 0.15) is 11.4 Å². The molecule has 2 aromatic rings. The highest BCUT2D eigenvalue weighted by atomic mass is 16.6. The van der Waals surface area contributed by atoms with Gasteiger partial charge in [0.15, 0.2) is 0 Å². The third-order valence-electron chi connectivity index (χ3n) is 7.40. The van der Waals surface area contributed by atoms with Crippen molar-refractivity contribution < 1.29 is 33.6 Å². The van der Waals surface area contributed by atoms with Gasteiger partial charge in [-0.3, -0.25) is 0 Å². The van der Waals surface area contributed by atoms with E-state index in [0.29, 0.717) is 61.9 Å². The zero-order valence-electron chi connectivity index (χ0n) is 25.7. The van der Waals surface area contributed by atoms with E-state index in [1.807, 2.05) is 80.3 Å². The van der Waals surface area contributed by atoms with Crippen LogP contribution < -0.4 is 4.74 Å². The maximum atomic E-state index is 13.8. The van der Waals surface area contributed by atoms with Gasteiger partial charge in [-0.1, -0.05) is 42.5 Å². The van der Waals surface area contributed by atoms with E-state index in [-0.39, 0.29) is 19.2 Å². The number of rotatable bonds is 11. The summed E-state index contributed by atoms with van der Waals surface area (Å²) in [7, 11) is 2.95. The SMILES string of the molecule is COC(=O)C1=C(CCCOCc2ccccc2)N=C(N(Cc2ccc(OC)cc2)C(=O)OC(C)(C)C)N2[C@@H](CO)CC[C@H]12. The number of amides is 1. The van der Waals surface area contributed by atoms with Crippen molar-refractivity contribution in [1.82, 2.24) is 9.80 Å². The van der Waals surface area contributed by atoms with Gasteiger partial charge in [-0.25, -0.2) is 19.5 Å². The van der Waals surface area contributed by atoms with Crippen molar-refractivity contribution in [3.8, 4) is 5.75 Å². The minimum atomic E-state index is -0.753. The number of hydrogen-bond donors (Lipinski definition) is 1. The molecule has 10 heteroatoms. The predicted octanol–water partition coefficient (Wildman–Crippen LogP) is 5.05. The summed E-state index contributed by atoms with van der Waals surface area (Å²) < 4.78 is 22.2. The summed E-state index contributed by atoms with van der Waals surface area (Å²) in [6, 6.07) is 16.6. The quantitative estimate of drug-likeness (QED) is 0.285. The molecule has 43 heavy (non-hydrogen) atoms. The predicted molar refractivity (Wildman–Crippen MR) is 162 cm³/mol. The molecule has 0 bridgehead atoms. The van der Waals surface area contributed by atoms with Gasteiger partial charge < -0.3 is 29.0 Å². The molecule has 1 fully saturated rings. The van der Waals surface area contributed by atoms with E-state index in [1.54, 1.807) is 7.11 Å². The summed E-state index contributed by atoms with van der Waals surface area (Å²) >= 11 is 0. The minimum absolute atomic E-state index is 0.155. The number of aliphatic hydroxyl groups excluding tert-OH is 1. The number of allylic oxidation sites excluding steroid dienone is 1. The van der Waals surface area contributed by atoms with Crippen LogP contribution in [0.3, 0.4) is 0 Å². The van der Waals surface area contributed by atoms with Crippen molar-refractivity contribution in [2.24, 2.45) is 4.99 Å². The number of aliphatic hydroxyl groups is 1. The largest absolute Gasteiger partial charge is 0.497 e. The second-order valence-corrected chi connectivity index (χ2v) is 11.7. The topological polar surface area (TPSA) is 110 Å². The van der Waals surface area contributed by atoms with E-state index in [0.717, 1.165) is 11.1 Å². The fraction of sp³-hybridized carbons (Fsp3) is 0.485.